The Kier molecular flexibility index (Phi) is 6.23. The van der Waals surface area contributed by atoms with Gasteiger partial charge in [-0.2, -0.15) is 0 Å². The molecule has 3 rings (SSSR count). The van der Waals surface area contributed by atoms with Crippen LogP contribution >= 0.6 is 0 Å². The van der Waals surface area contributed by atoms with Crippen molar-refractivity contribution in [1.82, 2.24) is 9.80 Å². The van der Waals surface area contributed by atoms with E-state index >= 15 is 0 Å². The molecule has 2 saturated heterocycles. The molecular weight excluding hydrogens is 322 g/mol. The second-order valence-corrected chi connectivity index (χ2v) is 8.48. The van der Waals surface area contributed by atoms with Crippen LogP contribution in [0.5, 0.6) is 0 Å². The Bertz CT molecular complexity index is 580. The third-order valence-corrected chi connectivity index (χ3v) is 6.03. The molecule has 0 spiro atoms. The zero-order valence-corrected chi connectivity index (χ0v) is 16.9. The average Bonchev–Trinajstić information content (AvgIpc) is 2.67. The number of anilines is 1. The molecule has 0 saturated carbocycles. The monoisotopic (exact) mass is 357 g/mol. The van der Waals surface area contributed by atoms with Gasteiger partial charge in [0.15, 0.2) is 0 Å². The van der Waals surface area contributed by atoms with E-state index < -0.39 is 0 Å². The third kappa shape index (κ3) is 4.40. The van der Waals surface area contributed by atoms with E-state index in [4.69, 9.17) is 0 Å². The normalized spacial score (nSPS) is 20.2. The second kappa shape index (κ2) is 8.43. The maximum atomic E-state index is 12.2. The van der Waals surface area contributed by atoms with Crippen molar-refractivity contribution in [3.63, 3.8) is 0 Å². The molecule has 1 amide bonds. The summed E-state index contributed by atoms with van der Waals surface area (Å²) in [7, 11) is 0. The second-order valence-electron chi connectivity index (χ2n) is 8.48. The van der Waals surface area contributed by atoms with Gasteiger partial charge in [0.05, 0.1) is 0 Å². The standard InChI is InChI=1S/C22H35N3O/c1-17(2)19-5-7-20(8-6-19)23-13-15-24(16-14-23)21-9-11-25(12-10-21)22(26)18(3)4/h5-8,17-18,21H,9-16H2,1-4H3. The fourth-order valence-corrected chi connectivity index (χ4v) is 4.23. The Hall–Kier alpha value is -1.55. The van der Waals surface area contributed by atoms with Gasteiger partial charge in [0, 0.05) is 56.9 Å². The summed E-state index contributed by atoms with van der Waals surface area (Å²) >= 11 is 0. The summed E-state index contributed by atoms with van der Waals surface area (Å²) in [5.74, 6) is 1.03. The molecule has 4 nitrogen and oxygen atoms in total. The van der Waals surface area contributed by atoms with Crippen LogP contribution in [0.3, 0.4) is 0 Å². The first-order valence-corrected chi connectivity index (χ1v) is 10.3. The molecule has 1 aromatic carbocycles. The Morgan fingerprint density at radius 1 is 0.885 bits per heavy atom. The van der Waals surface area contributed by atoms with Gasteiger partial charge in [0.1, 0.15) is 0 Å². The lowest BCUT2D eigenvalue weighted by atomic mass is 10.0. The van der Waals surface area contributed by atoms with Crippen LogP contribution in [0.1, 0.15) is 52.0 Å². The topological polar surface area (TPSA) is 26.8 Å². The summed E-state index contributed by atoms with van der Waals surface area (Å²) < 4.78 is 0. The zero-order valence-electron chi connectivity index (χ0n) is 16.9. The van der Waals surface area contributed by atoms with Crippen molar-refractivity contribution in [2.75, 3.05) is 44.2 Å². The first-order chi connectivity index (χ1) is 12.5. The number of benzene rings is 1. The van der Waals surface area contributed by atoms with Gasteiger partial charge in [-0.05, 0) is 36.5 Å². The van der Waals surface area contributed by atoms with Crippen molar-refractivity contribution >= 4 is 11.6 Å². The van der Waals surface area contributed by atoms with Gasteiger partial charge in [-0.15, -0.1) is 0 Å². The van der Waals surface area contributed by atoms with Crippen molar-refractivity contribution in [1.29, 1.82) is 0 Å². The minimum atomic E-state index is 0.122. The molecular formula is C22H35N3O. The number of carbonyl (C=O) groups excluding carboxylic acids is 1. The van der Waals surface area contributed by atoms with Crippen LogP contribution in [-0.4, -0.2) is 61.0 Å². The van der Waals surface area contributed by atoms with Crippen molar-refractivity contribution in [3.8, 4) is 0 Å². The summed E-state index contributed by atoms with van der Waals surface area (Å²) in [6, 6.07) is 9.75. The van der Waals surface area contributed by atoms with Crippen LogP contribution in [0.4, 0.5) is 5.69 Å². The summed E-state index contributed by atoms with van der Waals surface area (Å²) in [6.07, 6.45) is 2.25. The molecule has 26 heavy (non-hydrogen) atoms. The van der Waals surface area contributed by atoms with Crippen LogP contribution < -0.4 is 4.90 Å². The minimum Gasteiger partial charge on any atom is -0.369 e. The highest BCUT2D eigenvalue weighted by Crippen LogP contribution is 2.24. The van der Waals surface area contributed by atoms with Gasteiger partial charge in [-0.3, -0.25) is 9.69 Å². The minimum absolute atomic E-state index is 0.122. The number of amides is 1. The van der Waals surface area contributed by atoms with E-state index in [1.54, 1.807) is 0 Å². The number of rotatable bonds is 4. The molecule has 0 aromatic heterocycles. The van der Waals surface area contributed by atoms with Gasteiger partial charge >= 0.3 is 0 Å². The molecule has 0 bridgehead atoms. The van der Waals surface area contributed by atoms with Crippen LogP contribution in [0.2, 0.25) is 0 Å². The highest BCUT2D eigenvalue weighted by molar-refractivity contribution is 5.78. The molecule has 2 aliphatic rings. The summed E-state index contributed by atoms with van der Waals surface area (Å²) in [6.45, 7) is 14.8. The lowest BCUT2D eigenvalue weighted by Crippen LogP contribution is -2.54. The van der Waals surface area contributed by atoms with Gasteiger partial charge in [0.25, 0.3) is 0 Å². The molecule has 0 N–H and O–H groups in total. The number of hydrogen-bond acceptors (Lipinski definition) is 3. The van der Waals surface area contributed by atoms with E-state index in [1.807, 2.05) is 13.8 Å². The predicted molar refractivity (Wildman–Crippen MR) is 109 cm³/mol. The van der Waals surface area contributed by atoms with Crippen molar-refractivity contribution in [2.24, 2.45) is 5.92 Å². The Morgan fingerprint density at radius 2 is 1.46 bits per heavy atom. The molecule has 2 fully saturated rings. The van der Waals surface area contributed by atoms with Crippen LogP contribution in [0.15, 0.2) is 24.3 Å². The quantitative estimate of drug-likeness (QED) is 0.824. The fraction of sp³-hybridized carbons (Fsp3) is 0.682. The fourth-order valence-electron chi connectivity index (χ4n) is 4.23. The van der Waals surface area contributed by atoms with E-state index in [1.165, 1.54) is 11.3 Å². The lowest BCUT2D eigenvalue weighted by Gasteiger charge is -2.43. The van der Waals surface area contributed by atoms with E-state index in [-0.39, 0.29) is 5.92 Å². The smallest absolute Gasteiger partial charge is 0.225 e. The molecule has 0 aliphatic carbocycles. The molecule has 1 aromatic rings. The number of hydrogen-bond donors (Lipinski definition) is 0. The number of carbonyl (C=O) groups is 1. The Balaban J connectivity index is 1.48. The Morgan fingerprint density at radius 3 is 1.96 bits per heavy atom. The van der Waals surface area contributed by atoms with Gasteiger partial charge < -0.3 is 9.80 Å². The van der Waals surface area contributed by atoms with Crippen LogP contribution in [0.25, 0.3) is 0 Å². The number of nitrogens with zero attached hydrogens (tertiary/aromatic N) is 3. The lowest BCUT2D eigenvalue weighted by molar-refractivity contribution is -0.136. The van der Waals surface area contributed by atoms with Crippen LogP contribution in [0, 0.1) is 5.92 Å². The highest BCUT2D eigenvalue weighted by atomic mass is 16.2. The molecule has 2 heterocycles. The van der Waals surface area contributed by atoms with Gasteiger partial charge in [-0.1, -0.05) is 39.8 Å². The molecule has 0 unspecified atom stereocenters. The van der Waals surface area contributed by atoms with Crippen LogP contribution in [-0.2, 0) is 4.79 Å². The van der Waals surface area contributed by atoms with E-state index in [0.717, 1.165) is 52.1 Å². The SMILES string of the molecule is CC(C)C(=O)N1CCC(N2CCN(c3ccc(C(C)C)cc3)CC2)CC1. The number of piperidine rings is 1. The predicted octanol–water partition coefficient (Wildman–Crippen LogP) is 3.58. The maximum absolute atomic E-state index is 12.2. The van der Waals surface area contributed by atoms with E-state index in [9.17, 15) is 4.79 Å². The molecule has 2 aliphatic heterocycles. The van der Waals surface area contributed by atoms with E-state index in [0.29, 0.717) is 17.9 Å². The first kappa shape index (κ1) is 19.2. The van der Waals surface area contributed by atoms with Crippen molar-refractivity contribution < 1.29 is 4.79 Å². The van der Waals surface area contributed by atoms with Gasteiger partial charge in [-0.25, -0.2) is 0 Å². The van der Waals surface area contributed by atoms with E-state index in [2.05, 4.69) is 52.8 Å². The highest BCUT2D eigenvalue weighted by Gasteiger charge is 2.29. The zero-order chi connectivity index (χ0) is 18.7. The maximum Gasteiger partial charge on any atom is 0.225 e. The number of piperazine rings is 1. The van der Waals surface area contributed by atoms with Crippen molar-refractivity contribution in [2.45, 2.75) is 52.5 Å². The molecule has 4 heteroatoms. The summed E-state index contributed by atoms with van der Waals surface area (Å²) in [4.78, 5) is 19.4. The molecule has 0 radical (unpaired) electrons. The molecule has 144 valence electrons. The third-order valence-electron chi connectivity index (χ3n) is 6.03. The van der Waals surface area contributed by atoms with Gasteiger partial charge in [0.2, 0.25) is 5.91 Å². The Labute approximate surface area is 159 Å². The average molecular weight is 358 g/mol. The van der Waals surface area contributed by atoms with Crippen molar-refractivity contribution in [3.05, 3.63) is 29.8 Å². The largest absolute Gasteiger partial charge is 0.369 e. The number of likely N-dealkylation sites (tertiary alicyclic amines) is 1. The first-order valence-electron chi connectivity index (χ1n) is 10.3. The summed E-state index contributed by atoms with van der Waals surface area (Å²) in [5.41, 5.74) is 2.77. The molecule has 0 atom stereocenters. The summed E-state index contributed by atoms with van der Waals surface area (Å²) in [5, 5.41) is 0.